The van der Waals surface area contributed by atoms with Gasteiger partial charge in [-0.2, -0.15) is 9.57 Å². The fraction of sp³-hybridized carbons (Fsp3) is 0.310. The number of aryl methyl sites for hydroxylation is 4. The van der Waals surface area contributed by atoms with E-state index in [2.05, 4.69) is 6.07 Å². The Balaban J connectivity index is 1.63. The molecule has 4 rings (SSSR count). The Bertz CT molecular complexity index is 1400. The van der Waals surface area contributed by atoms with Gasteiger partial charge >= 0.3 is 0 Å². The molecule has 3 aromatic carbocycles. The predicted molar refractivity (Wildman–Crippen MR) is 136 cm³/mol. The number of hydrogen-bond donors (Lipinski definition) is 0. The van der Waals surface area contributed by atoms with Crippen LogP contribution in [0.25, 0.3) is 0 Å². The zero-order chi connectivity index (χ0) is 25.2. The summed E-state index contributed by atoms with van der Waals surface area (Å²) in [7, 11) is -3.90. The number of hydrogen-bond acceptors (Lipinski definition) is 4. The minimum atomic E-state index is -3.90. The van der Waals surface area contributed by atoms with E-state index in [1.54, 1.807) is 6.07 Å². The minimum absolute atomic E-state index is 0.0834. The fourth-order valence-corrected chi connectivity index (χ4v) is 7.19. The van der Waals surface area contributed by atoms with Gasteiger partial charge in [0.05, 0.1) is 22.6 Å². The van der Waals surface area contributed by atoms with E-state index < -0.39 is 16.1 Å². The van der Waals surface area contributed by atoms with Crippen molar-refractivity contribution < 1.29 is 13.2 Å². The summed E-state index contributed by atoms with van der Waals surface area (Å²) in [5.41, 5.74) is 5.87. The first-order valence-corrected chi connectivity index (χ1v) is 13.3. The molecular formula is C29H30N2O3S. The molecule has 0 N–H and O–H groups in total. The second kappa shape index (κ2) is 10.2. The summed E-state index contributed by atoms with van der Waals surface area (Å²) in [6, 6.07) is 20.3. The van der Waals surface area contributed by atoms with E-state index in [-0.39, 0.29) is 18.7 Å². The molecule has 1 unspecified atom stereocenters. The summed E-state index contributed by atoms with van der Waals surface area (Å²) in [6.07, 6.45) is 1.78. The molecule has 1 atom stereocenters. The van der Waals surface area contributed by atoms with Crippen LogP contribution in [0.5, 0.6) is 0 Å². The van der Waals surface area contributed by atoms with Crippen molar-refractivity contribution in [2.24, 2.45) is 0 Å². The Hall–Kier alpha value is -3.27. The predicted octanol–water partition coefficient (Wildman–Crippen LogP) is 5.19. The Morgan fingerprint density at radius 2 is 1.63 bits per heavy atom. The van der Waals surface area contributed by atoms with Gasteiger partial charge in [-0.1, -0.05) is 60.2 Å². The lowest BCUT2D eigenvalue weighted by Crippen LogP contribution is -2.48. The molecule has 0 saturated carbocycles. The molecule has 180 valence electrons. The number of fused-ring (bicyclic) bond motifs is 1. The van der Waals surface area contributed by atoms with Gasteiger partial charge in [0.25, 0.3) is 0 Å². The van der Waals surface area contributed by atoms with E-state index in [9.17, 15) is 18.5 Å². The maximum Gasteiger partial charge on any atom is 0.244 e. The Kier molecular flexibility index (Phi) is 7.20. The van der Waals surface area contributed by atoms with Crippen LogP contribution in [0.1, 0.15) is 51.8 Å². The Labute approximate surface area is 208 Å². The third kappa shape index (κ3) is 5.07. The molecule has 0 fully saturated rings. The van der Waals surface area contributed by atoms with Crippen LogP contribution in [-0.4, -0.2) is 24.5 Å². The third-order valence-electron chi connectivity index (χ3n) is 6.76. The van der Waals surface area contributed by atoms with E-state index in [1.165, 1.54) is 4.31 Å². The molecule has 1 heterocycles. The van der Waals surface area contributed by atoms with Crippen molar-refractivity contribution in [3.63, 3.8) is 0 Å². The van der Waals surface area contributed by atoms with Crippen LogP contribution in [0.4, 0.5) is 0 Å². The average Bonchev–Trinajstić information content (AvgIpc) is 2.82. The second-order valence-electron chi connectivity index (χ2n) is 9.36. The van der Waals surface area contributed by atoms with Crippen molar-refractivity contribution in [3.05, 3.63) is 99.6 Å². The first-order chi connectivity index (χ1) is 16.7. The molecule has 0 saturated heterocycles. The van der Waals surface area contributed by atoms with Crippen molar-refractivity contribution in [1.82, 2.24) is 4.31 Å². The van der Waals surface area contributed by atoms with Gasteiger partial charge in [-0.15, -0.1) is 0 Å². The van der Waals surface area contributed by atoms with Gasteiger partial charge in [-0.3, -0.25) is 4.79 Å². The standard InChI is InChI=1S/C29H30N2O3S/c1-20-15-21(2)29(22(3)16-20)35(33,34)31-19-26-12-7-5-10-24(26)17-27(31)28(32)14-8-13-23-9-4-6-11-25(23)18-30/h4-7,9-12,15-16,27H,8,13-14,17,19H2,1-3H3. The molecule has 6 heteroatoms. The molecule has 0 aromatic heterocycles. The number of rotatable bonds is 7. The smallest absolute Gasteiger partial charge is 0.244 e. The topological polar surface area (TPSA) is 78.2 Å². The molecule has 0 amide bonds. The third-order valence-corrected chi connectivity index (χ3v) is 8.92. The fourth-order valence-electron chi connectivity index (χ4n) is 5.18. The Morgan fingerprint density at radius 1 is 1.00 bits per heavy atom. The van der Waals surface area contributed by atoms with Crippen molar-refractivity contribution >= 4 is 15.8 Å². The highest BCUT2D eigenvalue weighted by molar-refractivity contribution is 7.89. The zero-order valence-electron chi connectivity index (χ0n) is 20.4. The highest BCUT2D eigenvalue weighted by Crippen LogP contribution is 2.33. The summed E-state index contributed by atoms with van der Waals surface area (Å²) < 4.78 is 29.4. The maximum atomic E-state index is 14.0. The number of nitriles is 1. The molecule has 1 aliphatic rings. The first kappa shape index (κ1) is 24.8. The van der Waals surface area contributed by atoms with Gasteiger partial charge < -0.3 is 0 Å². The highest BCUT2D eigenvalue weighted by atomic mass is 32.2. The largest absolute Gasteiger partial charge is 0.298 e. The van der Waals surface area contributed by atoms with E-state index in [4.69, 9.17) is 0 Å². The van der Waals surface area contributed by atoms with E-state index in [1.807, 2.05) is 75.4 Å². The second-order valence-corrected chi connectivity index (χ2v) is 11.2. The van der Waals surface area contributed by atoms with Crippen LogP contribution in [0.15, 0.2) is 65.6 Å². The monoisotopic (exact) mass is 486 g/mol. The van der Waals surface area contributed by atoms with Crippen LogP contribution >= 0.6 is 0 Å². The van der Waals surface area contributed by atoms with Crippen LogP contribution in [0, 0.1) is 32.1 Å². The van der Waals surface area contributed by atoms with Crippen molar-refractivity contribution in [1.29, 1.82) is 5.26 Å². The first-order valence-electron chi connectivity index (χ1n) is 11.9. The molecular weight excluding hydrogens is 456 g/mol. The molecule has 0 bridgehead atoms. The van der Waals surface area contributed by atoms with Gasteiger partial charge in [0.15, 0.2) is 5.78 Å². The van der Waals surface area contributed by atoms with Gasteiger partial charge in [-0.25, -0.2) is 8.42 Å². The quantitative estimate of drug-likeness (QED) is 0.460. The average molecular weight is 487 g/mol. The molecule has 1 aliphatic heterocycles. The zero-order valence-corrected chi connectivity index (χ0v) is 21.2. The highest BCUT2D eigenvalue weighted by Gasteiger charge is 2.40. The van der Waals surface area contributed by atoms with E-state index in [0.29, 0.717) is 40.8 Å². The molecule has 0 radical (unpaired) electrons. The summed E-state index contributed by atoms with van der Waals surface area (Å²) >= 11 is 0. The number of carbonyl (C=O) groups is 1. The van der Waals surface area contributed by atoms with Gasteiger partial charge in [0, 0.05) is 13.0 Å². The lowest BCUT2D eigenvalue weighted by Gasteiger charge is -2.36. The summed E-state index contributed by atoms with van der Waals surface area (Å²) in [6.45, 7) is 5.76. The van der Waals surface area contributed by atoms with Crippen LogP contribution in [0.3, 0.4) is 0 Å². The number of ketones is 1. The van der Waals surface area contributed by atoms with Crippen molar-refractivity contribution in [2.45, 2.75) is 63.9 Å². The van der Waals surface area contributed by atoms with E-state index in [0.717, 1.165) is 22.3 Å². The maximum absolute atomic E-state index is 14.0. The number of carbonyl (C=O) groups excluding carboxylic acids is 1. The summed E-state index contributed by atoms with van der Waals surface area (Å²) in [5, 5.41) is 9.33. The SMILES string of the molecule is Cc1cc(C)c(S(=O)(=O)N2Cc3ccccc3CC2C(=O)CCCc2ccccc2C#N)c(C)c1. The summed E-state index contributed by atoms with van der Waals surface area (Å²) in [4.78, 5) is 13.8. The summed E-state index contributed by atoms with van der Waals surface area (Å²) in [5.74, 6) is -0.0834. The van der Waals surface area contributed by atoms with Gasteiger partial charge in [-0.05, 0) is 73.9 Å². The van der Waals surface area contributed by atoms with E-state index >= 15 is 0 Å². The lowest BCUT2D eigenvalue weighted by atomic mass is 9.91. The number of sulfonamides is 1. The molecule has 35 heavy (non-hydrogen) atoms. The van der Waals surface area contributed by atoms with Crippen molar-refractivity contribution in [2.75, 3.05) is 0 Å². The van der Waals surface area contributed by atoms with Crippen LogP contribution < -0.4 is 0 Å². The Morgan fingerprint density at radius 3 is 2.31 bits per heavy atom. The molecule has 3 aromatic rings. The molecule has 5 nitrogen and oxygen atoms in total. The minimum Gasteiger partial charge on any atom is -0.298 e. The molecule has 0 aliphatic carbocycles. The van der Waals surface area contributed by atoms with Crippen molar-refractivity contribution in [3.8, 4) is 6.07 Å². The van der Waals surface area contributed by atoms with Crippen LogP contribution in [-0.2, 0) is 34.2 Å². The van der Waals surface area contributed by atoms with Gasteiger partial charge in [0.1, 0.15) is 0 Å². The number of nitrogens with zero attached hydrogens (tertiary/aromatic N) is 2. The van der Waals surface area contributed by atoms with Gasteiger partial charge in [0.2, 0.25) is 10.0 Å². The number of Topliss-reactive ketones (excluding diaryl/α,β-unsaturated/α-hetero) is 1. The number of benzene rings is 3. The van der Waals surface area contributed by atoms with Crippen LogP contribution in [0.2, 0.25) is 0 Å². The lowest BCUT2D eigenvalue weighted by molar-refractivity contribution is -0.123. The normalized spacial score (nSPS) is 15.9. The molecule has 0 spiro atoms.